The predicted molar refractivity (Wildman–Crippen MR) is 94.2 cm³/mol. The van der Waals surface area contributed by atoms with Crippen molar-refractivity contribution in [3.05, 3.63) is 0 Å². The van der Waals surface area contributed by atoms with Gasteiger partial charge in [-0.25, -0.2) is 9.59 Å². The van der Waals surface area contributed by atoms with E-state index < -0.39 is 23.8 Å². The zero-order valence-electron chi connectivity index (χ0n) is 16.5. The highest BCUT2D eigenvalue weighted by Gasteiger charge is 2.70. The van der Waals surface area contributed by atoms with Gasteiger partial charge in [0.25, 0.3) is 0 Å². The summed E-state index contributed by atoms with van der Waals surface area (Å²) < 4.78 is 10.3. The second-order valence-corrected chi connectivity index (χ2v) is 9.37. The lowest BCUT2D eigenvalue weighted by Gasteiger charge is -2.32. The average molecular weight is 366 g/mol. The summed E-state index contributed by atoms with van der Waals surface area (Å²) in [6.45, 7) is 10.1. The van der Waals surface area contributed by atoms with Crippen LogP contribution in [0.25, 0.3) is 0 Å². The van der Waals surface area contributed by atoms with E-state index in [-0.39, 0.29) is 29.1 Å². The Kier molecular flexibility index (Phi) is 4.48. The minimum absolute atomic E-state index is 0.0449. The minimum Gasteiger partial charge on any atom is -0.467 e. The van der Waals surface area contributed by atoms with E-state index >= 15 is 0 Å². The molecule has 1 aliphatic heterocycles. The molecule has 3 rings (SSSR count). The summed E-state index contributed by atoms with van der Waals surface area (Å²) in [5.74, 6) is -0.0320. The summed E-state index contributed by atoms with van der Waals surface area (Å²) in [6.07, 6.45) is 1.19. The van der Waals surface area contributed by atoms with Gasteiger partial charge in [-0.1, -0.05) is 13.8 Å². The molecule has 3 aliphatic rings. The standard InChI is InChI=1S/C19H30N2O5/c1-18(2,3)26-17(24)20-13(10-7-8-10)15(22)21-9-11-12(19(11,4)5)14(21)16(23)25-6/h10-14H,7-9H2,1-6H3,(H,20,24)/t11-,12-,13-,14-/m0/s1. The molecule has 7 heteroatoms. The number of esters is 1. The number of rotatable bonds is 4. The van der Waals surface area contributed by atoms with Crippen LogP contribution in [-0.4, -0.2) is 54.2 Å². The fourth-order valence-corrected chi connectivity index (χ4v) is 4.33. The number of hydrogen-bond acceptors (Lipinski definition) is 5. The zero-order chi connectivity index (χ0) is 19.4. The molecule has 0 aromatic heterocycles. The highest BCUT2D eigenvalue weighted by atomic mass is 16.6. The number of methoxy groups -OCH3 is 1. The molecule has 0 radical (unpaired) electrons. The van der Waals surface area contributed by atoms with E-state index in [0.717, 1.165) is 12.8 Å². The van der Waals surface area contributed by atoms with E-state index in [9.17, 15) is 14.4 Å². The van der Waals surface area contributed by atoms with Gasteiger partial charge in [-0.05, 0) is 50.9 Å². The molecular weight excluding hydrogens is 336 g/mol. The number of fused-ring (bicyclic) bond motifs is 1. The van der Waals surface area contributed by atoms with Crippen LogP contribution < -0.4 is 5.32 Å². The van der Waals surface area contributed by atoms with Crippen molar-refractivity contribution in [3.8, 4) is 0 Å². The molecule has 7 nitrogen and oxygen atoms in total. The molecule has 1 saturated heterocycles. The smallest absolute Gasteiger partial charge is 0.408 e. The first kappa shape index (κ1) is 19.0. The summed E-state index contributed by atoms with van der Waals surface area (Å²) in [7, 11) is 1.35. The van der Waals surface area contributed by atoms with Gasteiger partial charge in [0.2, 0.25) is 5.91 Å². The maximum absolute atomic E-state index is 13.2. The second-order valence-electron chi connectivity index (χ2n) is 9.37. The molecule has 0 bridgehead atoms. The van der Waals surface area contributed by atoms with Gasteiger partial charge in [-0.2, -0.15) is 0 Å². The van der Waals surface area contributed by atoms with Crippen molar-refractivity contribution in [1.82, 2.24) is 10.2 Å². The van der Waals surface area contributed by atoms with E-state index in [2.05, 4.69) is 19.2 Å². The van der Waals surface area contributed by atoms with Crippen LogP contribution in [0.5, 0.6) is 0 Å². The SMILES string of the molecule is COC(=O)[C@@H]1[C@@H]2[C@H](CN1C(=O)[C@@H](NC(=O)OC(C)(C)C)C1CC1)C2(C)C. The molecule has 0 spiro atoms. The van der Waals surface area contributed by atoms with Crippen molar-refractivity contribution in [1.29, 1.82) is 0 Å². The number of likely N-dealkylation sites (tertiary alicyclic amines) is 1. The maximum atomic E-state index is 13.2. The lowest BCUT2D eigenvalue weighted by atomic mass is 10.00. The molecular formula is C19H30N2O5. The third-order valence-corrected chi connectivity index (χ3v) is 5.97. The van der Waals surface area contributed by atoms with Gasteiger partial charge in [-0.3, -0.25) is 4.79 Å². The summed E-state index contributed by atoms with van der Waals surface area (Å²) in [5.41, 5.74) is -0.585. The van der Waals surface area contributed by atoms with Gasteiger partial charge in [0, 0.05) is 12.5 Å². The Morgan fingerprint density at radius 3 is 2.31 bits per heavy atom. The lowest BCUT2D eigenvalue weighted by Crippen LogP contribution is -2.55. The number of nitrogens with one attached hydrogen (secondary N) is 1. The van der Waals surface area contributed by atoms with Crippen LogP contribution in [0, 0.1) is 23.2 Å². The van der Waals surface area contributed by atoms with Gasteiger partial charge < -0.3 is 19.7 Å². The number of ether oxygens (including phenoxy) is 2. The summed E-state index contributed by atoms with van der Waals surface area (Å²) in [5, 5.41) is 2.74. The number of carbonyl (C=O) groups excluding carboxylic acids is 3. The van der Waals surface area contributed by atoms with Crippen LogP contribution in [0.15, 0.2) is 0 Å². The second kappa shape index (κ2) is 6.13. The fourth-order valence-electron chi connectivity index (χ4n) is 4.33. The normalized spacial score (nSPS) is 30.2. The number of carbonyl (C=O) groups is 3. The monoisotopic (exact) mass is 366 g/mol. The first-order chi connectivity index (χ1) is 12.0. The van der Waals surface area contributed by atoms with Gasteiger partial charge in [0.15, 0.2) is 0 Å². The van der Waals surface area contributed by atoms with E-state index in [1.165, 1.54) is 7.11 Å². The third-order valence-electron chi connectivity index (χ3n) is 5.97. The molecule has 0 aromatic carbocycles. The molecule has 1 heterocycles. The molecule has 0 unspecified atom stereocenters. The molecule has 2 saturated carbocycles. The first-order valence-corrected chi connectivity index (χ1v) is 9.35. The van der Waals surface area contributed by atoms with Crippen LogP contribution in [0.4, 0.5) is 4.79 Å². The van der Waals surface area contributed by atoms with Crippen molar-refractivity contribution in [2.75, 3.05) is 13.7 Å². The van der Waals surface area contributed by atoms with Crippen LogP contribution in [0.2, 0.25) is 0 Å². The first-order valence-electron chi connectivity index (χ1n) is 9.35. The number of nitrogens with zero attached hydrogens (tertiary/aromatic N) is 1. The third kappa shape index (κ3) is 3.40. The van der Waals surface area contributed by atoms with Crippen molar-refractivity contribution >= 4 is 18.0 Å². The van der Waals surface area contributed by atoms with Crippen LogP contribution in [-0.2, 0) is 19.1 Å². The van der Waals surface area contributed by atoms with Crippen LogP contribution in [0.3, 0.4) is 0 Å². The largest absolute Gasteiger partial charge is 0.467 e. The van der Waals surface area contributed by atoms with Crippen LogP contribution >= 0.6 is 0 Å². The maximum Gasteiger partial charge on any atom is 0.408 e. The number of piperidine rings is 1. The minimum atomic E-state index is -0.641. The zero-order valence-corrected chi connectivity index (χ0v) is 16.5. The molecule has 26 heavy (non-hydrogen) atoms. The molecule has 3 fully saturated rings. The fraction of sp³-hybridized carbons (Fsp3) is 0.842. The quantitative estimate of drug-likeness (QED) is 0.769. The van der Waals surface area contributed by atoms with E-state index in [1.807, 2.05) is 0 Å². The topological polar surface area (TPSA) is 84.9 Å². The van der Waals surface area contributed by atoms with E-state index in [0.29, 0.717) is 12.5 Å². The predicted octanol–water partition coefficient (Wildman–Crippen LogP) is 1.95. The van der Waals surface area contributed by atoms with E-state index in [4.69, 9.17) is 9.47 Å². The molecule has 1 N–H and O–H groups in total. The molecule has 2 aliphatic carbocycles. The Morgan fingerprint density at radius 1 is 1.19 bits per heavy atom. The summed E-state index contributed by atoms with van der Waals surface area (Å²) in [6, 6.07) is -1.20. The van der Waals surface area contributed by atoms with Crippen molar-refractivity contribution in [2.45, 2.75) is 65.1 Å². The summed E-state index contributed by atoms with van der Waals surface area (Å²) >= 11 is 0. The Labute approximate surface area is 154 Å². The Hall–Kier alpha value is -1.79. The molecule has 2 amide bonds. The van der Waals surface area contributed by atoms with Gasteiger partial charge in [0.1, 0.15) is 17.7 Å². The number of amides is 2. The number of hydrogen-bond donors (Lipinski definition) is 1. The molecule has 146 valence electrons. The Morgan fingerprint density at radius 2 is 1.81 bits per heavy atom. The average Bonchev–Trinajstić information content (AvgIpc) is 3.38. The van der Waals surface area contributed by atoms with Gasteiger partial charge in [0.05, 0.1) is 7.11 Å². The highest BCUT2D eigenvalue weighted by Crippen LogP contribution is 2.65. The van der Waals surface area contributed by atoms with Gasteiger partial charge >= 0.3 is 12.1 Å². The summed E-state index contributed by atoms with van der Waals surface area (Å²) in [4.78, 5) is 39.3. The Balaban J connectivity index is 1.73. The van der Waals surface area contributed by atoms with Crippen LogP contribution in [0.1, 0.15) is 47.5 Å². The Bertz CT molecular complexity index is 620. The van der Waals surface area contributed by atoms with Crippen molar-refractivity contribution in [3.63, 3.8) is 0 Å². The highest BCUT2D eigenvalue weighted by molar-refractivity contribution is 5.91. The van der Waals surface area contributed by atoms with Gasteiger partial charge in [-0.15, -0.1) is 0 Å². The lowest BCUT2D eigenvalue weighted by molar-refractivity contribution is -0.153. The van der Waals surface area contributed by atoms with E-state index in [1.54, 1.807) is 25.7 Å². The van der Waals surface area contributed by atoms with Crippen molar-refractivity contribution in [2.24, 2.45) is 23.2 Å². The molecule has 0 aromatic rings. The molecule has 4 atom stereocenters. The van der Waals surface area contributed by atoms with Crippen molar-refractivity contribution < 1.29 is 23.9 Å². The number of alkyl carbamates (subject to hydrolysis) is 1.